The predicted octanol–water partition coefficient (Wildman–Crippen LogP) is 0.951. The number of nitrogens with zero attached hydrogens (tertiary/aromatic N) is 2. The summed E-state index contributed by atoms with van der Waals surface area (Å²) in [4.78, 5) is 17.4. The molecule has 0 N–H and O–H groups in total. The fraction of sp³-hybridized carbons (Fsp3) is 0.500. The van der Waals surface area contributed by atoms with Gasteiger partial charge in [0.05, 0.1) is 13.2 Å². The Morgan fingerprint density at radius 2 is 2.41 bits per heavy atom. The number of ether oxygens (including phenoxy) is 2. The van der Waals surface area contributed by atoms with E-state index in [4.69, 9.17) is 9.47 Å². The first-order chi connectivity index (χ1) is 8.16. The first-order valence-electron chi connectivity index (χ1n) is 5.59. The second-order valence-electron chi connectivity index (χ2n) is 4.19. The van der Waals surface area contributed by atoms with Crippen LogP contribution >= 0.6 is 0 Å². The second-order valence-corrected chi connectivity index (χ2v) is 4.19. The van der Waals surface area contributed by atoms with Gasteiger partial charge in [-0.1, -0.05) is 0 Å². The molecule has 0 spiro atoms. The molecule has 92 valence electrons. The van der Waals surface area contributed by atoms with Gasteiger partial charge in [-0.15, -0.1) is 0 Å². The van der Waals surface area contributed by atoms with E-state index in [9.17, 15) is 4.79 Å². The van der Waals surface area contributed by atoms with Gasteiger partial charge in [0.1, 0.15) is 6.10 Å². The Hall–Kier alpha value is -1.62. The van der Waals surface area contributed by atoms with Crippen LogP contribution in [0.4, 0.5) is 0 Å². The highest BCUT2D eigenvalue weighted by molar-refractivity contribution is 5.94. The summed E-state index contributed by atoms with van der Waals surface area (Å²) in [6.07, 6.45) is 2.50. The van der Waals surface area contributed by atoms with Gasteiger partial charge in [-0.3, -0.25) is 4.79 Å². The molecule has 2 rings (SSSR count). The Morgan fingerprint density at radius 1 is 1.59 bits per heavy atom. The molecule has 1 aromatic heterocycles. The molecular weight excluding hydrogens is 220 g/mol. The number of carbonyl (C=O) groups excluding carboxylic acids is 1. The molecule has 1 saturated heterocycles. The molecule has 0 saturated carbocycles. The molecule has 5 nitrogen and oxygen atoms in total. The Bertz CT molecular complexity index is 400. The second kappa shape index (κ2) is 5.14. The van der Waals surface area contributed by atoms with Crippen molar-refractivity contribution in [1.82, 2.24) is 9.88 Å². The molecule has 0 aliphatic carbocycles. The predicted molar refractivity (Wildman–Crippen MR) is 62.1 cm³/mol. The Kier molecular flexibility index (Phi) is 3.58. The normalized spacial score (nSPS) is 19.1. The van der Waals surface area contributed by atoms with Gasteiger partial charge in [0, 0.05) is 38.3 Å². The average Bonchev–Trinajstić information content (AvgIpc) is 2.81. The summed E-state index contributed by atoms with van der Waals surface area (Å²) in [6.45, 7) is 1.31. The SMILES string of the molecule is CN(C)C(=O)c1ccnc(OC2CCOC2)c1. The maximum atomic E-state index is 11.8. The third-order valence-corrected chi connectivity index (χ3v) is 2.56. The summed E-state index contributed by atoms with van der Waals surface area (Å²) < 4.78 is 10.9. The zero-order chi connectivity index (χ0) is 12.3. The molecule has 1 unspecified atom stereocenters. The summed E-state index contributed by atoms with van der Waals surface area (Å²) in [5.41, 5.74) is 0.582. The van der Waals surface area contributed by atoms with Crippen LogP contribution in [0.15, 0.2) is 18.3 Å². The van der Waals surface area contributed by atoms with Crippen LogP contribution in [0.2, 0.25) is 0 Å². The molecule has 1 aromatic rings. The average molecular weight is 236 g/mol. The number of carbonyl (C=O) groups is 1. The molecule has 0 radical (unpaired) electrons. The molecule has 5 heteroatoms. The maximum absolute atomic E-state index is 11.8. The van der Waals surface area contributed by atoms with Crippen molar-refractivity contribution in [3.8, 4) is 5.88 Å². The maximum Gasteiger partial charge on any atom is 0.253 e. The molecule has 1 aliphatic heterocycles. The van der Waals surface area contributed by atoms with Gasteiger partial charge in [-0.05, 0) is 6.07 Å². The van der Waals surface area contributed by atoms with Crippen LogP contribution in [0.5, 0.6) is 5.88 Å². The summed E-state index contributed by atoms with van der Waals surface area (Å²) in [5, 5.41) is 0. The van der Waals surface area contributed by atoms with Crippen molar-refractivity contribution < 1.29 is 14.3 Å². The van der Waals surface area contributed by atoms with E-state index in [1.165, 1.54) is 4.90 Å². The van der Waals surface area contributed by atoms with Crippen molar-refractivity contribution in [3.05, 3.63) is 23.9 Å². The van der Waals surface area contributed by atoms with Gasteiger partial charge in [0.2, 0.25) is 5.88 Å². The minimum absolute atomic E-state index is 0.0483. The lowest BCUT2D eigenvalue weighted by Crippen LogP contribution is -2.22. The van der Waals surface area contributed by atoms with Gasteiger partial charge in [0.15, 0.2) is 0 Å². The molecular formula is C12H16N2O3. The van der Waals surface area contributed by atoms with Crippen molar-refractivity contribution in [1.29, 1.82) is 0 Å². The number of amides is 1. The van der Waals surface area contributed by atoms with E-state index >= 15 is 0 Å². The number of rotatable bonds is 3. The standard InChI is InChI=1S/C12H16N2O3/c1-14(2)12(15)9-3-5-13-11(7-9)17-10-4-6-16-8-10/h3,5,7,10H,4,6,8H2,1-2H3. The van der Waals surface area contributed by atoms with E-state index in [0.29, 0.717) is 18.1 Å². The summed E-state index contributed by atoms with van der Waals surface area (Å²) in [7, 11) is 3.43. The molecule has 0 bridgehead atoms. The minimum atomic E-state index is -0.0556. The topological polar surface area (TPSA) is 51.7 Å². The molecule has 1 fully saturated rings. The zero-order valence-electron chi connectivity index (χ0n) is 10.0. The number of hydrogen-bond acceptors (Lipinski definition) is 4. The number of pyridine rings is 1. The van der Waals surface area contributed by atoms with Crippen LogP contribution in [-0.4, -0.2) is 49.2 Å². The third kappa shape index (κ3) is 2.94. The fourth-order valence-electron chi connectivity index (χ4n) is 1.64. The molecule has 1 amide bonds. The van der Waals surface area contributed by atoms with Crippen LogP contribution in [-0.2, 0) is 4.74 Å². The molecule has 0 aromatic carbocycles. The molecule has 1 aliphatic rings. The summed E-state index contributed by atoms with van der Waals surface area (Å²) in [6, 6.07) is 3.35. The lowest BCUT2D eigenvalue weighted by molar-refractivity contribution is 0.0826. The van der Waals surface area contributed by atoms with Gasteiger partial charge in [0.25, 0.3) is 5.91 Å². The van der Waals surface area contributed by atoms with Gasteiger partial charge in [-0.25, -0.2) is 4.98 Å². The van der Waals surface area contributed by atoms with E-state index in [0.717, 1.165) is 13.0 Å². The Morgan fingerprint density at radius 3 is 3.06 bits per heavy atom. The number of aromatic nitrogens is 1. The van der Waals surface area contributed by atoms with Crippen LogP contribution in [0.1, 0.15) is 16.8 Å². The lowest BCUT2D eigenvalue weighted by Gasteiger charge is -2.13. The number of hydrogen-bond donors (Lipinski definition) is 0. The van der Waals surface area contributed by atoms with E-state index in [1.807, 2.05) is 0 Å². The quantitative estimate of drug-likeness (QED) is 0.784. The van der Waals surface area contributed by atoms with Crippen LogP contribution in [0, 0.1) is 0 Å². The first kappa shape index (κ1) is 11.9. The van der Waals surface area contributed by atoms with Crippen LogP contribution in [0.25, 0.3) is 0 Å². The van der Waals surface area contributed by atoms with Crippen molar-refractivity contribution in [2.24, 2.45) is 0 Å². The Balaban J connectivity index is 2.08. The van der Waals surface area contributed by atoms with E-state index in [-0.39, 0.29) is 12.0 Å². The van der Waals surface area contributed by atoms with E-state index in [1.54, 1.807) is 32.4 Å². The summed E-state index contributed by atoms with van der Waals surface area (Å²) in [5.74, 6) is 0.424. The van der Waals surface area contributed by atoms with Crippen LogP contribution in [0.3, 0.4) is 0 Å². The third-order valence-electron chi connectivity index (χ3n) is 2.56. The van der Waals surface area contributed by atoms with Crippen LogP contribution < -0.4 is 4.74 Å². The Labute approximate surface area is 100 Å². The van der Waals surface area contributed by atoms with Crippen molar-refractivity contribution in [2.75, 3.05) is 27.3 Å². The smallest absolute Gasteiger partial charge is 0.253 e. The highest BCUT2D eigenvalue weighted by Gasteiger charge is 2.18. The van der Waals surface area contributed by atoms with E-state index in [2.05, 4.69) is 4.98 Å². The molecule has 17 heavy (non-hydrogen) atoms. The monoisotopic (exact) mass is 236 g/mol. The largest absolute Gasteiger partial charge is 0.472 e. The molecule has 1 atom stereocenters. The van der Waals surface area contributed by atoms with Crippen molar-refractivity contribution >= 4 is 5.91 Å². The zero-order valence-corrected chi connectivity index (χ0v) is 10.0. The van der Waals surface area contributed by atoms with Crippen molar-refractivity contribution in [2.45, 2.75) is 12.5 Å². The first-order valence-corrected chi connectivity index (χ1v) is 5.59. The highest BCUT2D eigenvalue weighted by atomic mass is 16.5. The summed E-state index contributed by atoms with van der Waals surface area (Å²) >= 11 is 0. The van der Waals surface area contributed by atoms with Gasteiger partial charge in [-0.2, -0.15) is 0 Å². The lowest BCUT2D eigenvalue weighted by atomic mass is 10.2. The highest BCUT2D eigenvalue weighted by Crippen LogP contribution is 2.16. The van der Waals surface area contributed by atoms with Gasteiger partial charge >= 0.3 is 0 Å². The van der Waals surface area contributed by atoms with E-state index < -0.39 is 0 Å². The fourth-order valence-corrected chi connectivity index (χ4v) is 1.64. The van der Waals surface area contributed by atoms with Crippen molar-refractivity contribution in [3.63, 3.8) is 0 Å². The molecule has 2 heterocycles. The van der Waals surface area contributed by atoms with Gasteiger partial charge < -0.3 is 14.4 Å². The minimum Gasteiger partial charge on any atom is -0.472 e.